The van der Waals surface area contributed by atoms with Gasteiger partial charge in [0, 0.05) is 0 Å². The van der Waals surface area contributed by atoms with Crippen molar-refractivity contribution in [2.75, 3.05) is 0 Å². The fourth-order valence-corrected chi connectivity index (χ4v) is 8.21. The fourth-order valence-electron chi connectivity index (χ4n) is 4.09. The first kappa shape index (κ1) is 22.9. The number of aryl methyl sites for hydroxylation is 1. The van der Waals surface area contributed by atoms with Gasteiger partial charge in [0.25, 0.3) is 0 Å². The number of para-hydroxylation sites is 2. The molecule has 0 aliphatic rings. The predicted molar refractivity (Wildman–Crippen MR) is 145 cm³/mol. The number of aromatic nitrogens is 2. The van der Waals surface area contributed by atoms with Crippen molar-refractivity contribution in [3.05, 3.63) is 131 Å². The second kappa shape index (κ2) is 10.1. The monoisotopic (exact) mass is 525 g/mol. The summed E-state index contributed by atoms with van der Waals surface area (Å²) in [7, 11) is 0. The Hall–Kier alpha value is -3.92. The van der Waals surface area contributed by atoms with Crippen LogP contribution in [0.3, 0.4) is 0 Å². The van der Waals surface area contributed by atoms with Crippen LogP contribution in [0.2, 0.25) is 5.32 Å². The summed E-state index contributed by atoms with van der Waals surface area (Å²) < 4.78 is 3.91. The molecule has 0 aliphatic heterocycles. The molecule has 4 aromatic carbocycles. The molecule has 0 saturated carbocycles. The average Bonchev–Trinajstić information content (AvgIpc) is 2.88. The number of aromatic hydroxyl groups is 1. The van der Waals surface area contributed by atoms with Crippen LogP contribution < -0.4 is 14.5 Å². The van der Waals surface area contributed by atoms with E-state index in [1.807, 2.05) is 97.9 Å². The van der Waals surface area contributed by atoms with Gasteiger partial charge >= 0.3 is 209 Å². The van der Waals surface area contributed by atoms with E-state index in [9.17, 15) is 9.90 Å². The van der Waals surface area contributed by atoms with E-state index in [0.29, 0.717) is 22.5 Å². The van der Waals surface area contributed by atoms with Gasteiger partial charge in [-0.15, -0.1) is 0 Å². The molecule has 0 bridgehead atoms. The molecule has 5 heteroatoms. The van der Waals surface area contributed by atoms with E-state index in [4.69, 9.17) is 4.98 Å². The second-order valence-corrected chi connectivity index (χ2v) is 12.5. The molecule has 0 fully saturated rings. The Morgan fingerprint density at radius 1 is 0.886 bits per heavy atom. The maximum atomic E-state index is 13.5. The van der Waals surface area contributed by atoms with Crippen molar-refractivity contribution in [3.63, 3.8) is 0 Å². The summed E-state index contributed by atoms with van der Waals surface area (Å²) in [6.45, 7) is 2.01. The SMILES string of the molecule is Cc1cccc(-n2c(/C=C/C[Se](c3ccccc3)c3ccccc3O)nc3ccccc3c2=O)c1. The summed E-state index contributed by atoms with van der Waals surface area (Å²) in [6, 6.07) is 33.3. The van der Waals surface area contributed by atoms with E-state index < -0.39 is 13.9 Å². The van der Waals surface area contributed by atoms with Gasteiger partial charge in [0.2, 0.25) is 0 Å². The molecule has 0 amide bonds. The zero-order valence-corrected chi connectivity index (χ0v) is 21.0. The number of allylic oxidation sites excluding steroid dienone is 1. The van der Waals surface area contributed by atoms with E-state index in [0.717, 1.165) is 21.0 Å². The van der Waals surface area contributed by atoms with Crippen LogP contribution in [0.1, 0.15) is 11.4 Å². The standard InChI is InChI=1S/C30H25N2O2Se/c1-22-11-9-12-23(21-22)32-29(31-26-16-6-5-15-25(26)30(32)34)19-10-20-35(24-13-3-2-4-14-24)28-18-8-7-17-27(28)33/h2-19,21,33H,20H2,1H3/b19-10+. The van der Waals surface area contributed by atoms with Crippen LogP contribution >= 0.6 is 0 Å². The van der Waals surface area contributed by atoms with Gasteiger partial charge in [-0.05, 0) is 0 Å². The molecule has 1 radical (unpaired) electrons. The molecule has 4 nitrogen and oxygen atoms in total. The van der Waals surface area contributed by atoms with E-state index in [1.165, 1.54) is 4.46 Å². The van der Waals surface area contributed by atoms with Gasteiger partial charge in [-0.25, -0.2) is 0 Å². The molecular weight excluding hydrogens is 499 g/mol. The molecule has 0 saturated heterocycles. The fraction of sp³-hybridized carbons (Fsp3) is 0.0667. The quantitative estimate of drug-likeness (QED) is 0.327. The van der Waals surface area contributed by atoms with Gasteiger partial charge in [0.05, 0.1) is 0 Å². The normalized spacial score (nSPS) is 11.5. The molecule has 0 spiro atoms. The molecule has 35 heavy (non-hydrogen) atoms. The number of nitrogens with zero attached hydrogens (tertiary/aromatic N) is 2. The van der Waals surface area contributed by atoms with Crippen LogP contribution in [0.4, 0.5) is 0 Å². The Balaban J connectivity index is 1.59. The molecule has 1 N–H and O–H groups in total. The van der Waals surface area contributed by atoms with Crippen molar-refractivity contribution in [1.82, 2.24) is 9.55 Å². The van der Waals surface area contributed by atoms with Gasteiger partial charge < -0.3 is 0 Å². The molecule has 173 valence electrons. The molecule has 1 heterocycles. The number of phenols is 1. The van der Waals surface area contributed by atoms with Crippen molar-refractivity contribution in [2.45, 2.75) is 12.2 Å². The van der Waals surface area contributed by atoms with Crippen molar-refractivity contribution in [2.24, 2.45) is 0 Å². The minimum atomic E-state index is -1.57. The van der Waals surface area contributed by atoms with Crippen LogP contribution in [0, 0.1) is 6.92 Å². The first-order valence-electron chi connectivity index (χ1n) is 11.4. The summed E-state index contributed by atoms with van der Waals surface area (Å²) in [5.74, 6) is 0.922. The van der Waals surface area contributed by atoms with Gasteiger partial charge in [0.1, 0.15) is 0 Å². The van der Waals surface area contributed by atoms with Crippen molar-refractivity contribution in [3.8, 4) is 11.4 Å². The van der Waals surface area contributed by atoms with Crippen LogP contribution in [0.15, 0.2) is 114 Å². The molecule has 0 aliphatic carbocycles. The van der Waals surface area contributed by atoms with E-state index in [2.05, 4.69) is 18.2 Å². The number of phenolic OH excluding ortho intramolecular Hbond substituents is 1. The number of benzene rings is 4. The van der Waals surface area contributed by atoms with E-state index in [-0.39, 0.29) is 5.56 Å². The first-order chi connectivity index (χ1) is 17.1. The number of hydrogen-bond donors (Lipinski definition) is 1. The second-order valence-electron chi connectivity index (χ2n) is 8.21. The molecule has 1 aromatic heterocycles. The van der Waals surface area contributed by atoms with Crippen LogP contribution in [0.5, 0.6) is 5.75 Å². The van der Waals surface area contributed by atoms with E-state index >= 15 is 0 Å². The molecular formula is C30H25N2O2Se. The number of rotatable bonds is 6. The van der Waals surface area contributed by atoms with Crippen LogP contribution in [-0.2, 0) is 0 Å². The third kappa shape index (κ3) is 4.83. The Morgan fingerprint density at radius 3 is 2.43 bits per heavy atom. The van der Waals surface area contributed by atoms with Gasteiger partial charge in [0.15, 0.2) is 0 Å². The molecule has 5 rings (SSSR count). The van der Waals surface area contributed by atoms with E-state index in [1.54, 1.807) is 10.6 Å². The first-order valence-corrected chi connectivity index (χ1v) is 14.3. The molecule has 0 atom stereocenters. The topological polar surface area (TPSA) is 55.1 Å². The Bertz CT molecular complexity index is 1570. The van der Waals surface area contributed by atoms with Crippen molar-refractivity contribution >= 4 is 39.8 Å². The predicted octanol–water partition coefficient (Wildman–Crippen LogP) is 4.72. The number of hydrogen-bond acceptors (Lipinski definition) is 3. The summed E-state index contributed by atoms with van der Waals surface area (Å²) >= 11 is -1.57. The minimum absolute atomic E-state index is 0.0859. The van der Waals surface area contributed by atoms with Crippen LogP contribution in [-0.4, -0.2) is 28.6 Å². The van der Waals surface area contributed by atoms with Gasteiger partial charge in [-0.2, -0.15) is 0 Å². The summed E-state index contributed by atoms with van der Waals surface area (Å²) in [5.41, 5.74) is 2.46. The summed E-state index contributed by atoms with van der Waals surface area (Å²) in [6.07, 6.45) is 4.03. The molecule has 5 aromatic rings. The van der Waals surface area contributed by atoms with Gasteiger partial charge in [-0.3, -0.25) is 0 Å². The Morgan fingerprint density at radius 2 is 1.63 bits per heavy atom. The third-order valence-electron chi connectivity index (χ3n) is 5.75. The zero-order chi connectivity index (χ0) is 24.2. The summed E-state index contributed by atoms with van der Waals surface area (Å²) in [5, 5.41) is 11.9. The number of fused-ring (bicyclic) bond motifs is 1. The molecule has 0 unspecified atom stereocenters. The average molecular weight is 525 g/mol. The summed E-state index contributed by atoms with van der Waals surface area (Å²) in [4.78, 5) is 18.4. The van der Waals surface area contributed by atoms with Crippen molar-refractivity contribution < 1.29 is 5.11 Å². The zero-order valence-electron chi connectivity index (χ0n) is 19.3. The maximum absolute atomic E-state index is 13.5. The Labute approximate surface area is 208 Å². The van der Waals surface area contributed by atoms with Crippen molar-refractivity contribution in [1.29, 1.82) is 0 Å². The third-order valence-corrected chi connectivity index (χ3v) is 10.5. The van der Waals surface area contributed by atoms with Gasteiger partial charge in [-0.1, -0.05) is 0 Å². The van der Waals surface area contributed by atoms with Crippen LogP contribution in [0.25, 0.3) is 22.7 Å². The Kier molecular flexibility index (Phi) is 6.62.